The maximum Gasteiger partial charge on any atom is 0.369 e. The van der Waals surface area contributed by atoms with Crippen molar-refractivity contribution in [2.75, 3.05) is 11.9 Å². The van der Waals surface area contributed by atoms with E-state index in [1.807, 2.05) is 30.3 Å². The Hall–Kier alpha value is -3.75. The molecular weight excluding hydrogens is 408 g/mol. The van der Waals surface area contributed by atoms with E-state index in [9.17, 15) is 19.9 Å². The number of carbonyl (C=O) groups is 2. The van der Waals surface area contributed by atoms with Crippen molar-refractivity contribution in [1.82, 2.24) is 9.99 Å². The summed E-state index contributed by atoms with van der Waals surface area (Å²) in [5.74, 6) is -1.86. The van der Waals surface area contributed by atoms with Crippen LogP contribution in [-0.4, -0.2) is 44.3 Å². The Balaban J connectivity index is 1.80. The van der Waals surface area contributed by atoms with Gasteiger partial charge in [-0.1, -0.05) is 54.6 Å². The molecule has 32 heavy (non-hydrogen) atoms. The summed E-state index contributed by atoms with van der Waals surface area (Å²) in [5.41, 5.74) is 1.26. The number of hydrogen-bond acceptors (Lipinski definition) is 5. The van der Waals surface area contributed by atoms with Crippen molar-refractivity contribution in [1.29, 1.82) is 0 Å². The molecule has 3 atom stereocenters. The number of nitrogens with one attached hydrogen (secondary N) is 1. The molecule has 8 heteroatoms. The van der Waals surface area contributed by atoms with Crippen LogP contribution >= 0.6 is 0 Å². The van der Waals surface area contributed by atoms with Crippen LogP contribution in [0.1, 0.15) is 25.5 Å². The highest BCUT2D eigenvalue weighted by Gasteiger charge is 2.50. The molecule has 0 saturated carbocycles. The first kappa shape index (κ1) is 21.5. The Bertz CT molecular complexity index is 1190. The van der Waals surface area contributed by atoms with Crippen LogP contribution in [0, 0.1) is 5.21 Å². The number of benzene rings is 2. The highest BCUT2D eigenvalue weighted by Crippen LogP contribution is 2.38. The van der Waals surface area contributed by atoms with E-state index in [0.29, 0.717) is 11.3 Å². The van der Waals surface area contributed by atoms with E-state index < -0.39 is 28.7 Å². The van der Waals surface area contributed by atoms with Gasteiger partial charge >= 0.3 is 11.9 Å². The molecule has 0 bridgehead atoms. The predicted molar refractivity (Wildman–Crippen MR) is 121 cm³/mol. The van der Waals surface area contributed by atoms with Crippen LogP contribution in [0.15, 0.2) is 78.8 Å². The SMILES string of the molecule is CCN1C(=O)C(Nc2cncc3ccccc23)=CC(C(=O)O)[N+]1([O-])C(C)c1ccccc1. The number of likely N-dealkylation sites (N-methyl/N-ethyl adjacent to an activating group) is 1. The number of pyridine rings is 1. The van der Waals surface area contributed by atoms with Gasteiger partial charge in [-0.3, -0.25) is 9.78 Å². The number of nitrogens with zero attached hydrogens (tertiary/aromatic N) is 3. The summed E-state index contributed by atoms with van der Waals surface area (Å²) in [7, 11) is 0. The number of rotatable bonds is 6. The molecule has 2 aromatic carbocycles. The van der Waals surface area contributed by atoms with Crippen LogP contribution < -0.4 is 5.32 Å². The number of hydrogen-bond donors (Lipinski definition) is 2. The quantitative estimate of drug-likeness (QED) is 0.453. The number of aromatic nitrogens is 1. The predicted octanol–water partition coefficient (Wildman–Crippen LogP) is 3.84. The standard InChI is InChI=1S/C24H24N4O4/c1-3-27-23(29)20(26-21-15-25-14-18-11-7-8-12-19(18)21)13-22(24(30)31)28(27,32)16(2)17-9-5-4-6-10-17/h4-16,22,26H,3H2,1-2H3,(H,30,31). The van der Waals surface area contributed by atoms with Gasteiger partial charge in [0, 0.05) is 28.6 Å². The Morgan fingerprint density at radius 3 is 2.56 bits per heavy atom. The van der Waals surface area contributed by atoms with Crippen LogP contribution in [0.5, 0.6) is 0 Å². The lowest BCUT2D eigenvalue weighted by molar-refractivity contribution is -1.02. The van der Waals surface area contributed by atoms with E-state index in [1.165, 1.54) is 6.08 Å². The zero-order valence-electron chi connectivity index (χ0n) is 17.8. The molecule has 0 spiro atoms. The summed E-state index contributed by atoms with van der Waals surface area (Å²) in [6.07, 6.45) is 4.51. The van der Waals surface area contributed by atoms with Gasteiger partial charge in [0.15, 0.2) is 0 Å². The van der Waals surface area contributed by atoms with E-state index in [2.05, 4.69) is 10.3 Å². The molecule has 0 fully saturated rings. The lowest BCUT2D eigenvalue weighted by Gasteiger charge is -2.56. The first-order valence-corrected chi connectivity index (χ1v) is 10.4. The van der Waals surface area contributed by atoms with E-state index in [0.717, 1.165) is 15.8 Å². The Morgan fingerprint density at radius 2 is 1.88 bits per heavy atom. The van der Waals surface area contributed by atoms with Gasteiger partial charge in [0.05, 0.1) is 18.4 Å². The molecule has 1 amide bonds. The molecule has 0 aliphatic carbocycles. The molecule has 1 aromatic heterocycles. The summed E-state index contributed by atoms with van der Waals surface area (Å²) in [5, 5.41) is 29.9. The van der Waals surface area contributed by atoms with Gasteiger partial charge in [0.2, 0.25) is 6.04 Å². The minimum absolute atomic E-state index is 0.0438. The minimum atomic E-state index is -1.51. The summed E-state index contributed by atoms with van der Waals surface area (Å²) in [6, 6.07) is 14.1. The number of aliphatic carboxylic acids is 1. The van der Waals surface area contributed by atoms with Crippen molar-refractivity contribution in [2.45, 2.75) is 25.9 Å². The molecule has 1 aliphatic rings. The van der Waals surface area contributed by atoms with Crippen molar-refractivity contribution in [3.63, 3.8) is 0 Å². The van der Waals surface area contributed by atoms with Gasteiger partial charge in [0.1, 0.15) is 11.7 Å². The second-order valence-electron chi connectivity index (χ2n) is 7.68. The first-order valence-electron chi connectivity index (χ1n) is 10.4. The Morgan fingerprint density at radius 1 is 1.19 bits per heavy atom. The Kier molecular flexibility index (Phi) is 5.65. The van der Waals surface area contributed by atoms with Crippen LogP contribution in [0.2, 0.25) is 0 Å². The minimum Gasteiger partial charge on any atom is -0.605 e. The van der Waals surface area contributed by atoms with E-state index in [-0.39, 0.29) is 12.2 Å². The highest BCUT2D eigenvalue weighted by atomic mass is 16.6. The van der Waals surface area contributed by atoms with Gasteiger partial charge in [-0.05, 0) is 13.8 Å². The van der Waals surface area contributed by atoms with Crippen LogP contribution in [0.3, 0.4) is 0 Å². The molecule has 0 radical (unpaired) electrons. The molecular formula is C24H24N4O4. The zero-order chi connectivity index (χ0) is 22.9. The number of carbonyl (C=O) groups excluding carboxylic acids is 1. The normalized spacial score (nSPS) is 21.8. The van der Waals surface area contributed by atoms with Crippen molar-refractivity contribution in [3.8, 4) is 0 Å². The number of quaternary nitrogens is 1. The third-order valence-corrected chi connectivity index (χ3v) is 5.89. The second kappa shape index (κ2) is 8.41. The van der Waals surface area contributed by atoms with Crippen molar-refractivity contribution < 1.29 is 19.5 Å². The average molecular weight is 432 g/mol. The maximum absolute atomic E-state index is 14.2. The van der Waals surface area contributed by atoms with Crippen LogP contribution in [-0.2, 0) is 9.59 Å². The fourth-order valence-electron chi connectivity index (χ4n) is 4.21. The first-order chi connectivity index (χ1) is 15.4. The molecule has 3 aromatic rings. The van der Waals surface area contributed by atoms with Crippen LogP contribution in [0.4, 0.5) is 5.69 Å². The van der Waals surface area contributed by atoms with E-state index in [1.54, 1.807) is 50.5 Å². The monoisotopic (exact) mass is 432 g/mol. The van der Waals surface area contributed by atoms with Gasteiger partial charge in [-0.25, -0.2) is 9.55 Å². The third kappa shape index (κ3) is 3.49. The van der Waals surface area contributed by atoms with E-state index >= 15 is 0 Å². The molecule has 3 unspecified atom stereocenters. The van der Waals surface area contributed by atoms with Crippen molar-refractivity contribution >= 4 is 28.3 Å². The molecule has 0 saturated heterocycles. The molecule has 2 heterocycles. The smallest absolute Gasteiger partial charge is 0.369 e. The molecule has 2 N–H and O–H groups in total. The zero-order valence-corrected chi connectivity index (χ0v) is 17.8. The van der Waals surface area contributed by atoms with Crippen molar-refractivity contribution in [3.05, 3.63) is 89.5 Å². The summed E-state index contributed by atoms with van der Waals surface area (Å²) < 4.78 is -1.33. The Labute approximate surface area is 185 Å². The van der Waals surface area contributed by atoms with Gasteiger partial charge in [0.25, 0.3) is 0 Å². The number of fused-ring (bicyclic) bond motifs is 1. The molecule has 4 rings (SSSR count). The number of carboxylic acid groups (broad SMARTS) is 1. The van der Waals surface area contributed by atoms with Gasteiger partial charge in [-0.15, -0.1) is 0 Å². The topological polar surface area (TPSA) is 106 Å². The second-order valence-corrected chi connectivity index (χ2v) is 7.68. The number of hydroxylamine groups is 2. The summed E-state index contributed by atoms with van der Waals surface area (Å²) in [6.45, 7) is 3.37. The molecule has 8 nitrogen and oxygen atoms in total. The van der Waals surface area contributed by atoms with E-state index in [4.69, 9.17) is 0 Å². The summed E-state index contributed by atoms with van der Waals surface area (Å²) in [4.78, 5) is 29.8. The number of carboxylic acids is 1. The summed E-state index contributed by atoms with van der Waals surface area (Å²) >= 11 is 0. The maximum atomic E-state index is 14.2. The number of amides is 1. The molecule has 1 aliphatic heterocycles. The highest BCUT2D eigenvalue weighted by molar-refractivity contribution is 6.01. The lowest BCUT2D eigenvalue weighted by atomic mass is 10.0. The lowest BCUT2D eigenvalue weighted by Crippen LogP contribution is -2.68. The van der Waals surface area contributed by atoms with Crippen molar-refractivity contribution in [2.24, 2.45) is 0 Å². The van der Waals surface area contributed by atoms with Crippen LogP contribution in [0.25, 0.3) is 10.8 Å². The molecule has 164 valence electrons. The van der Waals surface area contributed by atoms with Gasteiger partial charge < -0.3 is 15.6 Å². The third-order valence-electron chi connectivity index (χ3n) is 5.89. The fourth-order valence-corrected chi connectivity index (χ4v) is 4.21. The fraction of sp³-hybridized carbons (Fsp3) is 0.208. The average Bonchev–Trinajstić information content (AvgIpc) is 2.81. The van der Waals surface area contributed by atoms with Gasteiger partial charge in [-0.2, -0.15) is 5.01 Å². The number of anilines is 1. The largest absolute Gasteiger partial charge is 0.605 e.